The van der Waals surface area contributed by atoms with E-state index in [1.165, 1.54) is 28.3 Å². The van der Waals surface area contributed by atoms with E-state index >= 15 is 0 Å². The summed E-state index contributed by atoms with van der Waals surface area (Å²) in [5.41, 5.74) is -3.50. The quantitative estimate of drug-likeness (QED) is 0.657. The van der Waals surface area contributed by atoms with Crippen LogP contribution in [0.15, 0.2) is 14.0 Å². The molecule has 0 saturated heterocycles. The van der Waals surface area contributed by atoms with Gasteiger partial charge in [0.05, 0.1) is 25.0 Å². The van der Waals surface area contributed by atoms with Crippen LogP contribution >= 0.6 is 0 Å². The molecule has 11 nitrogen and oxygen atoms in total. The van der Waals surface area contributed by atoms with E-state index in [2.05, 4.69) is 0 Å². The van der Waals surface area contributed by atoms with Gasteiger partial charge in [0.2, 0.25) is 0 Å². The van der Waals surface area contributed by atoms with Crippen LogP contribution in [0, 0.1) is 0 Å². The van der Waals surface area contributed by atoms with Gasteiger partial charge in [-0.25, -0.2) is 19.2 Å². The fourth-order valence-electron chi connectivity index (χ4n) is 3.32. The van der Waals surface area contributed by atoms with Gasteiger partial charge in [-0.05, 0) is 0 Å². The number of aromatic nitrogens is 2. The molecule has 2 N–H and O–H groups in total. The van der Waals surface area contributed by atoms with Crippen LogP contribution in [0.1, 0.15) is 21.0 Å². The summed E-state index contributed by atoms with van der Waals surface area (Å²) in [5, 5.41) is 18.8. The maximum atomic E-state index is 12.5. The van der Waals surface area contributed by atoms with E-state index in [1.807, 2.05) is 0 Å². The Labute approximate surface area is 149 Å². The molecule has 0 spiro atoms. The lowest BCUT2D eigenvalue weighted by Gasteiger charge is -2.02. The van der Waals surface area contributed by atoms with Gasteiger partial charge < -0.3 is 33.2 Å². The van der Waals surface area contributed by atoms with Crippen LogP contribution in [0.4, 0.5) is 0 Å². The number of carboxylic acid groups (broad SMARTS) is 2. The van der Waals surface area contributed by atoms with Gasteiger partial charge in [-0.3, -0.25) is 0 Å². The predicted octanol–water partition coefficient (Wildman–Crippen LogP) is 0.397. The fraction of sp³-hybridized carbons (Fsp3) is 0.250. The van der Waals surface area contributed by atoms with E-state index in [0.717, 1.165) is 9.13 Å². The Morgan fingerprint density at radius 3 is 1.41 bits per heavy atom. The van der Waals surface area contributed by atoms with Gasteiger partial charge in [-0.2, -0.15) is 0 Å². The number of hydrogen-bond donors (Lipinski definition) is 2. The second kappa shape index (κ2) is 5.90. The first kappa shape index (κ1) is 18.0. The number of aromatic carboxylic acids is 2. The molecule has 0 bridgehead atoms. The van der Waals surface area contributed by atoms with E-state index in [4.69, 9.17) is 13.9 Å². The standard InChI is InChI=1S/C16H14N2O9/c1-17-7-5(11(25-3)9(17)13(19)20)6-8(16(24)27-15(7)23)18(2)10(14(21)22)12(6)26-4/h1-4H3,(H,19,20)(H,21,22). The minimum absolute atomic E-state index is 0.0943. The van der Waals surface area contributed by atoms with Crippen LogP contribution in [0.5, 0.6) is 11.5 Å². The lowest BCUT2D eigenvalue weighted by atomic mass is 10.2. The third-order valence-electron chi connectivity index (χ3n) is 4.34. The van der Waals surface area contributed by atoms with Crippen LogP contribution in [-0.4, -0.2) is 45.5 Å². The van der Waals surface area contributed by atoms with Gasteiger partial charge in [-0.1, -0.05) is 0 Å². The number of carbonyl (C=O) groups is 2. The zero-order valence-electron chi connectivity index (χ0n) is 14.6. The van der Waals surface area contributed by atoms with Crippen LogP contribution in [0.3, 0.4) is 0 Å². The Balaban J connectivity index is 2.89. The van der Waals surface area contributed by atoms with Crippen molar-refractivity contribution in [3.8, 4) is 11.5 Å². The van der Waals surface area contributed by atoms with E-state index in [0.29, 0.717) is 0 Å². The molecule has 3 aromatic heterocycles. The smallest absolute Gasteiger partial charge is 0.363 e. The van der Waals surface area contributed by atoms with Crippen molar-refractivity contribution in [2.75, 3.05) is 14.2 Å². The molecule has 0 aliphatic heterocycles. The molecule has 0 aliphatic rings. The van der Waals surface area contributed by atoms with Gasteiger partial charge in [-0.15, -0.1) is 0 Å². The Morgan fingerprint density at radius 2 is 1.15 bits per heavy atom. The van der Waals surface area contributed by atoms with E-state index < -0.39 is 23.2 Å². The number of ether oxygens (including phenoxy) is 2. The summed E-state index contributed by atoms with van der Waals surface area (Å²) >= 11 is 0. The molecule has 0 unspecified atom stereocenters. The van der Waals surface area contributed by atoms with E-state index in [9.17, 15) is 29.4 Å². The normalized spacial score (nSPS) is 11.1. The summed E-state index contributed by atoms with van der Waals surface area (Å²) in [6.07, 6.45) is 0. The summed E-state index contributed by atoms with van der Waals surface area (Å²) in [4.78, 5) is 48.3. The average molecular weight is 378 g/mol. The van der Waals surface area contributed by atoms with E-state index in [-0.39, 0.29) is 44.7 Å². The summed E-state index contributed by atoms with van der Waals surface area (Å²) < 4.78 is 17.2. The Morgan fingerprint density at radius 1 is 0.815 bits per heavy atom. The molecule has 0 fully saturated rings. The number of rotatable bonds is 4. The number of methoxy groups -OCH3 is 2. The van der Waals surface area contributed by atoms with Gasteiger partial charge in [0.1, 0.15) is 11.0 Å². The summed E-state index contributed by atoms with van der Waals surface area (Å²) in [6.45, 7) is 0. The number of aryl methyl sites for hydroxylation is 2. The lowest BCUT2D eigenvalue weighted by molar-refractivity contribution is 0.0672. The number of carboxylic acids is 2. The van der Waals surface area contributed by atoms with Gasteiger partial charge in [0, 0.05) is 14.1 Å². The first-order chi connectivity index (χ1) is 12.7. The largest absolute Gasteiger partial charge is 0.494 e. The van der Waals surface area contributed by atoms with Crippen molar-refractivity contribution in [2.24, 2.45) is 14.1 Å². The molecular formula is C16H14N2O9. The Bertz CT molecular complexity index is 1160. The molecule has 0 saturated carbocycles. The molecule has 0 aliphatic carbocycles. The molecule has 142 valence electrons. The third kappa shape index (κ3) is 2.21. The van der Waals surface area contributed by atoms with Gasteiger partial charge in [0.15, 0.2) is 22.9 Å². The first-order valence-corrected chi connectivity index (χ1v) is 7.44. The molecular weight excluding hydrogens is 364 g/mol. The van der Waals surface area contributed by atoms with Crippen molar-refractivity contribution in [3.05, 3.63) is 32.2 Å². The minimum Gasteiger partial charge on any atom is -0.494 e. The van der Waals surface area contributed by atoms with Crippen LogP contribution in [0.25, 0.3) is 21.8 Å². The van der Waals surface area contributed by atoms with Crippen LogP contribution in [-0.2, 0) is 14.1 Å². The van der Waals surface area contributed by atoms with Crippen LogP contribution in [0.2, 0.25) is 0 Å². The van der Waals surface area contributed by atoms with E-state index in [1.54, 1.807) is 0 Å². The van der Waals surface area contributed by atoms with Crippen molar-refractivity contribution in [3.63, 3.8) is 0 Å². The van der Waals surface area contributed by atoms with Crippen LogP contribution < -0.4 is 20.7 Å². The highest BCUT2D eigenvalue weighted by molar-refractivity contribution is 6.17. The van der Waals surface area contributed by atoms with Gasteiger partial charge >= 0.3 is 23.2 Å². The highest BCUT2D eigenvalue weighted by atomic mass is 16.5. The first-order valence-electron chi connectivity index (χ1n) is 7.44. The number of hydrogen-bond acceptors (Lipinski definition) is 7. The third-order valence-corrected chi connectivity index (χ3v) is 4.34. The zero-order chi connectivity index (χ0) is 20.2. The average Bonchev–Trinajstić information content (AvgIpc) is 3.00. The highest BCUT2D eigenvalue weighted by Gasteiger charge is 2.32. The van der Waals surface area contributed by atoms with Crippen molar-refractivity contribution in [2.45, 2.75) is 0 Å². The Hall–Kier alpha value is -3.76. The monoisotopic (exact) mass is 378 g/mol. The van der Waals surface area contributed by atoms with Crippen molar-refractivity contribution in [1.29, 1.82) is 0 Å². The molecule has 0 aromatic carbocycles. The SMILES string of the molecule is COc1c(C(=O)O)n(C)c2c(=O)oc(=O)c3c(c(OC)c(C(=O)O)n3C)c12. The maximum absolute atomic E-state index is 12.5. The van der Waals surface area contributed by atoms with Gasteiger partial charge in [0.25, 0.3) is 0 Å². The minimum atomic E-state index is -1.39. The molecule has 3 aromatic rings. The summed E-state index contributed by atoms with van der Waals surface area (Å²) in [6, 6.07) is 0. The highest BCUT2D eigenvalue weighted by Crippen LogP contribution is 2.41. The second-order valence-corrected chi connectivity index (χ2v) is 5.62. The van der Waals surface area contributed by atoms with Crippen molar-refractivity contribution >= 4 is 33.7 Å². The second-order valence-electron chi connectivity index (χ2n) is 5.62. The predicted molar refractivity (Wildman–Crippen MR) is 91.2 cm³/mol. The Kier molecular flexibility index (Phi) is 3.94. The molecule has 0 amide bonds. The lowest BCUT2D eigenvalue weighted by Crippen LogP contribution is -2.13. The number of nitrogens with zero attached hydrogens (tertiary/aromatic N) is 2. The molecule has 27 heavy (non-hydrogen) atoms. The summed E-state index contributed by atoms with van der Waals surface area (Å²) in [7, 11) is 4.95. The molecule has 3 rings (SSSR count). The molecule has 3 heterocycles. The maximum Gasteiger partial charge on any atom is 0.363 e. The van der Waals surface area contributed by atoms with Crippen molar-refractivity contribution in [1.82, 2.24) is 9.13 Å². The number of fused-ring (bicyclic) bond motifs is 3. The fourth-order valence-corrected chi connectivity index (χ4v) is 3.32. The zero-order valence-corrected chi connectivity index (χ0v) is 14.6. The summed E-state index contributed by atoms with van der Waals surface area (Å²) in [5.74, 6) is -3.24. The topological polar surface area (TPSA) is 150 Å². The molecule has 11 heteroatoms. The molecule has 0 atom stereocenters. The molecule has 0 radical (unpaired) electrons. The van der Waals surface area contributed by atoms with Crippen molar-refractivity contribution < 1.29 is 33.7 Å².